The molecule has 0 amide bonds. The minimum absolute atomic E-state index is 0.0144. The Morgan fingerprint density at radius 3 is 2.90 bits per heavy atom. The largest absolute Gasteiger partial charge is 0.463 e. The van der Waals surface area contributed by atoms with Gasteiger partial charge in [-0.3, -0.25) is 10.1 Å². The van der Waals surface area contributed by atoms with Crippen LogP contribution in [0.3, 0.4) is 0 Å². The van der Waals surface area contributed by atoms with Gasteiger partial charge in [0.25, 0.3) is 5.69 Å². The quantitative estimate of drug-likeness (QED) is 0.402. The number of non-ortho nitro benzene ring substituents is 1. The van der Waals surface area contributed by atoms with E-state index in [1.165, 1.54) is 12.1 Å². The summed E-state index contributed by atoms with van der Waals surface area (Å²) in [6, 6.07) is 4.56. The number of benzene rings is 1. The fourth-order valence-corrected chi connectivity index (χ4v) is 1.90. The molecule has 20 heavy (non-hydrogen) atoms. The first-order valence-electron chi connectivity index (χ1n) is 6.14. The Morgan fingerprint density at radius 2 is 2.25 bits per heavy atom. The van der Waals surface area contributed by atoms with E-state index in [1.807, 2.05) is 0 Å². The molecule has 2 rings (SSSR count). The highest BCUT2D eigenvalue weighted by Gasteiger charge is 2.11. The van der Waals surface area contributed by atoms with Gasteiger partial charge < -0.3 is 9.72 Å². The Morgan fingerprint density at radius 1 is 1.50 bits per heavy atom. The number of nitrogens with one attached hydrogen (secondary N) is 1. The van der Waals surface area contributed by atoms with Crippen molar-refractivity contribution in [3.05, 3.63) is 45.6 Å². The Kier molecular flexibility index (Phi) is 3.84. The van der Waals surface area contributed by atoms with Gasteiger partial charge in [0.1, 0.15) is 0 Å². The second kappa shape index (κ2) is 5.56. The van der Waals surface area contributed by atoms with Gasteiger partial charge in [0, 0.05) is 40.4 Å². The predicted molar refractivity (Wildman–Crippen MR) is 75.2 cm³/mol. The van der Waals surface area contributed by atoms with Crippen LogP contribution in [0.4, 0.5) is 5.69 Å². The number of carbonyl (C=O) groups is 1. The molecule has 0 atom stereocenters. The maximum Gasteiger partial charge on any atom is 0.333 e. The number of nitro benzene ring substituents is 1. The number of ether oxygens (including phenoxy) is 1. The molecule has 0 saturated carbocycles. The lowest BCUT2D eigenvalue weighted by molar-refractivity contribution is -0.384. The maximum absolute atomic E-state index is 11.6. The first kappa shape index (κ1) is 13.8. The highest BCUT2D eigenvalue weighted by atomic mass is 16.6. The Bertz CT molecular complexity index is 700. The zero-order valence-electron chi connectivity index (χ0n) is 11.2. The van der Waals surface area contributed by atoms with Crippen LogP contribution in [0.15, 0.2) is 30.0 Å². The van der Waals surface area contributed by atoms with Crippen LogP contribution in [-0.4, -0.2) is 22.5 Å². The second-order valence-electron chi connectivity index (χ2n) is 4.28. The van der Waals surface area contributed by atoms with E-state index in [4.69, 9.17) is 4.74 Å². The van der Waals surface area contributed by atoms with Crippen molar-refractivity contribution in [3.8, 4) is 0 Å². The molecule has 1 aromatic heterocycles. The molecular weight excluding hydrogens is 260 g/mol. The summed E-state index contributed by atoms with van der Waals surface area (Å²) >= 11 is 0. The number of nitrogens with zero attached hydrogens (tertiary/aromatic N) is 1. The summed E-state index contributed by atoms with van der Waals surface area (Å²) in [4.78, 5) is 24.9. The van der Waals surface area contributed by atoms with E-state index in [-0.39, 0.29) is 5.69 Å². The number of carbonyl (C=O) groups excluding carboxylic acids is 1. The maximum atomic E-state index is 11.6. The molecule has 0 aliphatic rings. The molecule has 0 aliphatic carbocycles. The summed E-state index contributed by atoms with van der Waals surface area (Å²) < 4.78 is 4.90. The predicted octanol–water partition coefficient (Wildman–Crippen LogP) is 3.04. The van der Waals surface area contributed by atoms with Gasteiger partial charge in [-0.1, -0.05) is 0 Å². The van der Waals surface area contributed by atoms with Gasteiger partial charge in [0.15, 0.2) is 0 Å². The highest BCUT2D eigenvalue weighted by Crippen LogP contribution is 2.25. The van der Waals surface area contributed by atoms with Crippen LogP contribution in [0.2, 0.25) is 0 Å². The number of hydrogen-bond donors (Lipinski definition) is 1. The van der Waals surface area contributed by atoms with Gasteiger partial charge in [0.05, 0.1) is 11.5 Å². The lowest BCUT2D eigenvalue weighted by Gasteiger charge is -2.01. The van der Waals surface area contributed by atoms with E-state index >= 15 is 0 Å². The van der Waals surface area contributed by atoms with E-state index in [0.29, 0.717) is 23.1 Å². The van der Waals surface area contributed by atoms with E-state index < -0.39 is 10.9 Å². The van der Waals surface area contributed by atoms with Crippen molar-refractivity contribution >= 4 is 28.6 Å². The fraction of sp³-hybridized carbons (Fsp3) is 0.214. The molecule has 0 spiro atoms. The van der Waals surface area contributed by atoms with E-state index in [9.17, 15) is 14.9 Å². The van der Waals surface area contributed by atoms with Crippen LogP contribution in [0.25, 0.3) is 17.0 Å². The summed E-state index contributed by atoms with van der Waals surface area (Å²) in [7, 11) is 0. The summed E-state index contributed by atoms with van der Waals surface area (Å²) in [6.07, 6.45) is 3.36. The van der Waals surface area contributed by atoms with Crippen molar-refractivity contribution in [2.75, 3.05) is 6.61 Å². The minimum atomic E-state index is -0.446. The third-order valence-electron chi connectivity index (χ3n) is 2.88. The van der Waals surface area contributed by atoms with Crippen molar-refractivity contribution < 1.29 is 14.5 Å². The molecule has 0 fully saturated rings. The molecule has 0 radical (unpaired) electrons. The number of H-pyrrole nitrogens is 1. The summed E-state index contributed by atoms with van der Waals surface area (Å²) in [5, 5.41) is 11.5. The van der Waals surface area contributed by atoms with Gasteiger partial charge in [-0.25, -0.2) is 4.79 Å². The summed E-state index contributed by atoms with van der Waals surface area (Å²) in [6.45, 7) is 3.69. The van der Waals surface area contributed by atoms with Crippen LogP contribution in [0.5, 0.6) is 0 Å². The van der Waals surface area contributed by atoms with Crippen LogP contribution < -0.4 is 0 Å². The van der Waals surface area contributed by atoms with Crippen molar-refractivity contribution in [2.45, 2.75) is 13.8 Å². The number of nitro groups is 1. The van der Waals surface area contributed by atoms with Gasteiger partial charge in [-0.05, 0) is 26.0 Å². The topological polar surface area (TPSA) is 85.2 Å². The van der Waals surface area contributed by atoms with Crippen LogP contribution in [0, 0.1) is 10.1 Å². The Labute approximate surface area is 115 Å². The zero-order valence-corrected chi connectivity index (χ0v) is 11.2. The Balaban J connectivity index is 2.44. The molecule has 104 valence electrons. The third-order valence-corrected chi connectivity index (χ3v) is 2.88. The molecule has 0 aliphatic heterocycles. The van der Waals surface area contributed by atoms with Gasteiger partial charge >= 0.3 is 5.97 Å². The van der Waals surface area contributed by atoms with Gasteiger partial charge in [0.2, 0.25) is 0 Å². The monoisotopic (exact) mass is 274 g/mol. The van der Waals surface area contributed by atoms with E-state index in [2.05, 4.69) is 4.98 Å². The number of rotatable bonds is 4. The molecule has 1 N–H and O–H groups in total. The van der Waals surface area contributed by atoms with Crippen molar-refractivity contribution in [2.24, 2.45) is 0 Å². The number of fused-ring (bicyclic) bond motifs is 1. The van der Waals surface area contributed by atoms with Crippen molar-refractivity contribution in [3.63, 3.8) is 0 Å². The average Bonchev–Trinajstić information content (AvgIpc) is 2.81. The summed E-state index contributed by atoms with van der Waals surface area (Å²) in [5.74, 6) is -0.396. The number of aromatic nitrogens is 1. The zero-order chi connectivity index (χ0) is 14.7. The number of hydrogen-bond acceptors (Lipinski definition) is 4. The van der Waals surface area contributed by atoms with E-state index in [1.54, 1.807) is 32.2 Å². The standard InChI is InChI=1S/C14H14N2O4/c1-3-20-14(17)9(2)6-10-8-15-13-5-4-11(16(18)19)7-12(10)13/h4-8,15H,3H2,1-2H3/b9-6+. The third kappa shape index (κ3) is 2.69. The number of esters is 1. The highest BCUT2D eigenvalue weighted by molar-refractivity contribution is 5.98. The second-order valence-corrected chi connectivity index (χ2v) is 4.28. The van der Waals surface area contributed by atoms with Crippen LogP contribution >= 0.6 is 0 Å². The molecule has 0 unspecified atom stereocenters. The molecular formula is C14H14N2O4. The summed E-state index contributed by atoms with van der Waals surface area (Å²) in [5.41, 5.74) is 1.95. The smallest absolute Gasteiger partial charge is 0.333 e. The molecule has 1 aromatic carbocycles. The average molecular weight is 274 g/mol. The normalized spacial score (nSPS) is 11.6. The van der Waals surface area contributed by atoms with E-state index in [0.717, 1.165) is 5.52 Å². The van der Waals surface area contributed by atoms with Crippen molar-refractivity contribution in [1.29, 1.82) is 0 Å². The first-order valence-corrected chi connectivity index (χ1v) is 6.14. The molecule has 0 saturated heterocycles. The van der Waals surface area contributed by atoms with Crippen LogP contribution in [-0.2, 0) is 9.53 Å². The molecule has 6 heteroatoms. The lowest BCUT2D eigenvalue weighted by atomic mass is 10.1. The van der Waals surface area contributed by atoms with Gasteiger partial charge in [-0.2, -0.15) is 0 Å². The SMILES string of the molecule is CCOC(=O)/C(C)=C/c1c[nH]c2ccc([N+](=O)[O-])cc12. The Hall–Kier alpha value is -2.63. The minimum Gasteiger partial charge on any atom is -0.463 e. The molecule has 2 aromatic rings. The molecule has 1 heterocycles. The first-order chi connectivity index (χ1) is 9.52. The van der Waals surface area contributed by atoms with Crippen LogP contribution in [0.1, 0.15) is 19.4 Å². The van der Waals surface area contributed by atoms with Gasteiger partial charge in [-0.15, -0.1) is 0 Å². The number of aromatic amines is 1. The van der Waals surface area contributed by atoms with Crippen molar-refractivity contribution in [1.82, 2.24) is 4.98 Å². The molecule has 0 bridgehead atoms. The lowest BCUT2D eigenvalue weighted by Crippen LogP contribution is -2.04. The fourth-order valence-electron chi connectivity index (χ4n) is 1.90. The molecule has 6 nitrogen and oxygen atoms in total.